The fourth-order valence-corrected chi connectivity index (χ4v) is 8.92. The molecule has 0 saturated carbocycles. The van der Waals surface area contributed by atoms with Gasteiger partial charge >= 0.3 is 0 Å². The zero-order valence-electron chi connectivity index (χ0n) is 15.4. The maximum absolute atomic E-state index is 9.90. The molecule has 1 atom stereocenters. The van der Waals surface area contributed by atoms with Crippen molar-refractivity contribution in [3.63, 3.8) is 0 Å². The predicted molar refractivity (Wildman–Crippen MR) is 101 cm³/mol. The fraction of sp³-hybridized carbons (Fsp3) is 0.600. The van der Waals surface area contributed by atoms with Crippen molar-refractivity contribution >= 4 is 8.07 Å². The molecule has 2 nitrogen and oxygen atoms in total. The fourth-order valence-electron chi connectivity index (χ4n) is 3.69. The summed E-state index contributed by atoms with van der Waals surface area (Å²) in [6.07, 6.45) is -0.229. The molecule has 2 N–H and O–H groups in total. The molecule has 0 aromatic heterocycles. The Bertz CT molecular complexity index is 513. The van der Waals surface area contributed by atoms with Crippen LogP contribution < -0.4 is 0 Å². The molecule has 0 aliphatic carbocycles. The van der Waals surface area contributed by atoms with E-state index in [4.69, 9.17) is 5.11 Å². The first-order valence-corrected chi connectivity index (χ1v) is 10.9. The van der Waals surface area contributed by atoms with E-state index in [0.29, 0.717) is 23.0 Å². The van der Waals surface area contributed by atoms with Gasteiger partial charge in [0.1, 0.15) is 8.07 Å². The summed E-state index contributed by atoms with van der Waals surface area (Å²) in [4.78, 5) is 0. The molecule has 1 aromatic carbocycles. The van der Waals surface area contributed by atoms with Gasteiger partial charge in [0.15, 0.2) is 0 Å². The Labute approximate surface area is 143 Å². The smallest absolute Gasteiger partial charge is 0.146 e. The van der Waals surface area contributed by atoms with E-state index in [2.05, 4.69) is 53.0 Å². The molecule has 0 radical (unpaired) electrons. The lowest BCUT2D eigenvalue weighted by Crippen LogP contribution is -2.43. The van der Waals surface area contributed by atoms with E-state index in [9.17, 15) is 5.11 Å². The van der Waals surface area contributed by atoms with Gasteiger partial charge in [-0.2, -0.15) is 0 Å². The highest BCUT2D eigenvalue weighted by molar-refractivity contribution is 6.90. The molecule has 1 aromatic rings. The van der Waals surface area contributed by atoms with Gasteiger partial charge < -0.3 is 10.2 Å². The van der Waals surface area contributed by atoms with Gasteiger partial charge in [0.25, 0.3) is 0 Å². The summed E-state index contributed by atoms with van der Waals surface area (Å²) in [6.45, 7) is 13.9. The van der Waals surface area contributed by atoms with Gasteiger partial charge in [0.05, 0.1) is 6.10 Å². The van der Waals surface area contributed by atoms with Gasteiger partial charge in [0, 0.05) is 18.6 Å². The van der Waals surface area contributed by atoms with Crippen molar-refractivity contribution in [2.24, 2.45) is 0 Å². The van der Waals surface area contributed by atoms with Crippen molar-refractivity contribution in [2.45, 2.75) is 70.7 Å². The molecule has 0 aliphatic heterocycles. The summed E-state index contributed by atoms with van der Waals surface area (Å²) >= 11 is 0. The molecule has 0 saturated heterocycles. The second kappa shape index (κ2) is 8.68. The second-order valence-electron chi connectivity index (χ2n) is 7.30. The molecule has 23 heavy (non-hydrogen) atoms. The lowest BCUT2D eigenvalue weighted by Gasteiger charge is -2.38. The Morgan fingerprint density at radius 3 is 1.78 bits per heavy atom. The maximum atomic E-state index is 9.90. The van der Waals surface area contributed by atoms with Gasteiger partial charge in [-0.25, -0.2) is 0 Å². The summed E-state index contributed by atoms with van der Waals surface area (Å²) in [5.74, 6) is 3.41. The molecule has 1 rings (SSSR count). The third-order valence-electron chi connectivity index (χ3n) is 4.99. The molecule has 0 bridgehead atoms. The number of benzene rings is 1. The van der Waals surface area contributed by atoms with E-state index in [0.717, 1.165) is 11.1 Å². The summed E-state index contributed by atoms with van der Waals surface area (Å²) in [5.41, 5.74) is 7.43. The lowest BCUT2D eigenvalue weighted by atomic mass is 10.1. The molecule has 0 fully saturated rings. The molecule has 0 heterocycles. The predicted octanol–water partition coefficient (Wildman–Crippen LogP) is 4.67. The molecular weight excluding hydrogens is 300 g/mol. The summed E-state index contributed by atoms with van der Waals surface area (Å²) < 4.78 is 0. The SMILES string of the molecule is CC(C)[Si](C#Cc1ccc([C@H](O)CCO)cc1)(C(C)C)C(C)C. The Kier molecular flexibility index (Phi) is 7.53. The Balaban J connectivity index is 3.08. The van der Waals surface area contributed by atoms with E-state index < -0.39 is 14.2 Å². The molecular formula is C20H32O2Si. The van der Waals surface area contributed by atoms with Crippen LogP contribution in [0, 0.1) is 11.5 Å². The van der Waals surface area contributed by atoms with Gasteiger partial charge in [-0.1, -0.05) is 59.6 Å². The molecule has 128 valence electrons. The monoisotopic (exact) mass is 332 g/mol. The lowest BCUT2D eigenvalue weighted by molar-refractivity contribution is 0.134. The Morgan fingerprint density at radius 1 is 0.913 bits per heavy atom. The standard InChI is InChI=1S/C20H32O2Si/c1-15(2)23(16(3)4,17(5)6)14-12-18-7-9-19(10-8-18)20(22)11-13-21/h7-10,15-17,20-22H,11,13H2,1-6H3/t20-/m1/s1. The summed E-state index contributed by atoms with van der Waals surface area (Å²) in [5, 5.41) is 18.8. The number of hydrogen-bond acceptors (Lipinski definition) is 2. The normalized spacial score (nSPS) is 13.3. The minimum Gasteiger partial charge on any atom is -0.396 e. The van der Waals surface area contributed by atoms with Gasteiger partial charge in [-0.3, -0.25) is 0 Å². The number of aliphatic hydroxyl groups excluding tert-OH is 2. The van der Waals surface area contributed by atoms with Crippen LogP contribution in [-0.2, 0) is 0 Å². The van der Waals surface area contributed by atoms with Crippen LogP contribution in [-0.4, -0.2) is 24.9 Å². The van der Waals surface area contributed by atoms with Crippen LogP contribution in [0.5, 0.6) is 0 Å². The van der Waals surface area contributed by atoms with Crippen molar-refractivity contribution in [3.05, 3.63) is 35.4 Å². The van der Waals surface area contributed by atoms with Crippen LogP contribution in [0.15, 0.2) is 24.3 Å². The maximum Gasteiger partial charge on any atom is 0.146 e. The van der Waals surface area contributed by atoms with Crippen LogP contribution in [0.1, 0.15) is 65.2 Å². The molecule has 3 heteroatoms. The second-order valence-corrected chi connectivity index (χ2v) is 12.9. The number of aliphatic hydroxyl groups is 2. The molecule has 0 aliphatic rings. The van der Waals surface area contributed by atoms with Crippen molar-refractivity contribution in [3.8, 4) is 11.5 Å². The number of rotatable bonds is 6. The highest BCUT2D eigenvalue weighted by Crippen LogP contribution is 2.40. The van der Waals surface area contributed by atoms with E-state index in [-0.39, 0.29) is 6.61 Å². The Morgan fingerprint density at radius 2 is 1.39 bits per heavy atom. The van der Waals surface area contributed by atoms with E-state index >= 15 is 0 Å². The minimum absolute atomic E-state index is 0.00594. The largest absolute Gasteiger partial charge is 0.396 e. The van der Waals surface area contributed by atoms with Crippen molar-refractivity contribution < 1.29 is 10.2 Å². The third-order valence-corrected chi connectivity index (χ3v) is 11.3. The summed E-state index contributed by atoms with van der Waals surface area (Å²) in [6, 6.07) is 7.77. The molecule has 0 amide bonds. The highest BCUT2D eigenvalue weighted by atomic mass is 28.3. The molecule has 0 unspecified atom stereocenters. The third kappa shape index (κ3) is 4.70. The van der Waals surface area contributed by atoms with Gasteiger partial charge in [0.2, 0.25) is 0 Å². The summed E-state index contributed by atoms with van der Waals surface area (Å²) in [7, 11) is -1.70. The average molecular weight is 333 g/mol. The zero-order valence-corrected chi connectivity index (χ0v) is 16.4. The quantitative estimate of drug-likeness (QED) is 0.587. The minimum atomic E-state index is -1.70. The average Bonchev–Trinajstić information content (AvgIpc) is 2.47. The van der Waals surface area contributed by atoms with Crippen LogP contribution in [0.3, 0.4) is 0 Å². The van der Waals surface area contributed by atoms with Gasteiger partial charge in [-0.15, -0.1) is 5.54 Å². The van der Waals surface area contributed by atoms with Crippen molar-refractivity contribution in [1.29, 1.82) is 0 Å². The first-order valence-electron chi connectivity index (χ1n) is 8.67. The van der Waals surface area contributed by atoms with Crippen LogP contribution >= 0.6 is 0 Å². The van der Waals surface area contributed by atoms with E-state index in [1.807, 2.05) is 24.3 Å². The van der Waals surface area contributed by atoms with Crippen LogP contribution in [0.4, 0.5) is 0 Å². The van der Waals surface area contributed by atoms with Crippen LogP contribution in [0.2, 0.25) is 16.6 Å². The van der Waals surface area contributed by atoms with E-state index in [1.54, 1.807) is 0 Å². The van der Waals surface area contributed by atoms with Gasteiger partial charge in [-0.05, 0) is 34.3 Å². The van der Waals surface area contributed by atoms with Crippen molar-refractivity contribution in [2.75, 3.05) is 6.61 Å². The molecule has 0 spiro atoms. The van der Waals surface area contributed by atoms with E-state index in [1.165, 1.54) is 0 Å². The number of hydrogen-bond donors (Lipinski definition) is 2. The first kappa shape index (κ1) is 20.0. The van der Waals surface area contributed by atoms with Crippen LogP contribution in [0.25, 0.3) is 0 Å². The highest BCUT2D eigenvalue weighted by Gasteiger charge is 2.41. The van der Waals surface area contributed by atoms with Crippen molar-refractivity contribution in [1.82, 2.24) is 0 Å². The topological polar surface area (TPSA) is 40.5 Å². The zero-order chi connectivity index (χ0) is 17.6. The Hall–Kier alpha value is -1.08. The first-order chi connectivity index (χ1) is 10.8.